The number of hydrogen-bond donors (Lipinski definition) is 2. The number of H-pyrrole nitrogens is 1. The smallest absolute Gasteiger partial charge is 0.0454 e. The Labute approximate surface area is 120 Å². The van der Waals surface area contributed by atoms with Crippen LogP contribution in [0.2, 0.25) is 0 Å². The minimum Gasteiger partial charge on any atom is -0.361 e. The second kappa shape index (κ2) is 5.23. The van der Waals surface area contributed by atoms with E-state index in [4.69, 9.17) is 0 Å². The van der Waals surface area contributed by atoms with Crippen molar-refractivity contribution in [2.24, 2.45) is 5.92 Å². The molecule has 2 aromatic rings. The Hall–Kier alpha value is -1.32. The van der Waals surface area contributed by atoms with Crippen molar-refractivity contribution in [3.63, 3.8) is 0 Å². The second-order valence-electron chi connectivity index (χ2n) is 6.31. The van der Waals surface area contributed by atoms with Gasteiger partial charge >= 0.3 is 0 Å². The zero-order valence-corrected chi connectivity index (χ0v) is 11.9. The molecular formula is C17H23N3. The third-order valence-corrected chi connectivity index (χ3v) is 4.81. The SMILES string of the molecule is c1cc2cc([C@@H](CC3CC3)N3CCNCC3)ccc2[nH]1. The van der Waals surface area contributed by atoms with Gasteiger partial charge in [0.25, 0.3) is 0 Å². The first-order chi connectivity index (χ1) is 9.90. The first-order valence-electron chi connectivity index (χ1n) is 7.92. The summed E-state index contributed by atoms with van der Waals surface area (Å²) in [6, 6.07) is 9.76. The Bertz CT molecular complexity index is 579. The molecule has 20 heavy (non-hydrogen) atoms. The normalized spacial score (nSPS) is 22.2. The monoisotopic (exact) mass is 269 g/mol. The molecule has 1 aromatic carbocycles. The molecule has 0 radical (unpaired) electrons. The molecule has 1 saturated carbocycles. The van der Waals surface area contributed by atoms with Gasteiger partial charge in [-0.15, -0.1) is 0 Å². The maximum atomic E-state index is 3.47. The molecule has 4 rings (SSSR count). The van der Waals surface area contributed by atoms with Crippen molar-refractivity contribution in [1.29, 1.82) is 0 Å². The van der Waals surface area contributed by atoms with Crippen molar-refractivity contribution >= 4 is 10.9 Å². The summed E-state index contributed by atoms with van der Waals surface area (Å²) in [5, 5.41) is 4.81. The van der Waals surface area contributed by atoms with Gasteiger partial charge in [0.2, 0.25) is 0 Å². The number of benzene rings is 1. The van der Waals surface area contributed by atoms with Gasteiger partial charge in [0.1, 0.15) is 0 Å². The van der Waals surface area contributed by atoms with Crippen molar-refractivity contribution in [3.05, 3.63) is 36.0 Å². The van der Waals surface area contributed by atoms with Gasteiger partial charge in [0.05, 0.1) is 0 Å². The molecule has 1 aromatic heterocycles. The number of rotatable bonds is 4. The number of nitrogens with zero attached hydrogens (tertiary/aromatic N) is 1. The van der Waals surface area contributed by atoms with Crippen LogP contribution < -0.4 is 5.32 Å². The summed E-state index contributed by atoms with van der Waals surface area (Å²) in [6.07, 6.45) is 6.26. The Morgan fingerprint density at radius 1 is 1.15 bits per heavy atom. The van der Waals surface area contributed by atoms with Crippen LogP contribution in [0.5, 0.6) is 0 Å². The molecule has 3 heteroatoms. The second-order valence-corrected chi connectivity index (χ2v) is 6.31. The number of aromatic nitrogens is 1. The fourth-order valence-corrected chi connectivity index (χ4v) is 3.44. The van der Waals surface area contributed by atoms with Crippen LogP contribution in [-0.4, -0.2) is 36.1 Å². The molecule has 106 valence electrons. The third kappa shape index (κ3) is 2.48. The Morgan fingerprint density at radius 3 is 2.80 bits per heavy atom. The van der Waals surface area contributed by atoms with Gasteiger partial charge in [-0.3, -0.25) is 4.90 Å². The van der Waals surface area contributed by atoms with E-state index in [2.05, 4.69) is 39.5 Å². The maximum Gasteiger partial charge on any atom is 0.0454 e. The summed E-state index contributed by atoms with van der Waals surface area (Å²) >= 11 is 0. The molecule has 0 spiro atoms. The molecule has 0 unspecified atom stereocenters. The molecule has 3 nitrogen and oxygen atoms in total. The predicted molar refractivity (Wildman–Crippen MR) is 82.8 cm³/mol. The van der Waals surface area contributed by atoms with Crippen LogP contribution in [0.15, 0.2) is 30.5 Å². The van der Waals surface area contributed by atoms with Crippen molar-refractivity contribution < 1.29 is 0 Å². The summed E-state index contributed by atoms with van der Waals surface area (Å²) in [6.45, 7) is 4.63. The first-order valence-corrected chi connectivity index (χ1v) is 7.92. The number of fused-ring (bicyclic) bond motifs is 1. The van der Waals surface area contributed by atoms with E-state index in [-0.39, 0.29) is 0 Å². The van der Waals surface area contributed by atoms with Gasteiger partial charge in [-0.05, 0) is 41.5 Å². The number of nitrogens with one attached hydrogen (secondary N) is 2. The quantitative estimate of drug-likeness (QED) is 0.894. The topological polar surface area (TPSA) is 31.1 Å². The summed E-state index contributed by atoms with van der Waals surface area (Å²) in [4.78, 5) is 5.98. The van der Waals surface area contributed by atoms with Gasteiger partial charge < -0.3 is 10.3 Å². The van der Waals surface area contributed by atoms with Gasteiger partial charge in [-0.25, -0.2) is 0 Å². The van der Waals surface area contributed by atoms with Crippen LogP contribution in [0.3, 0.4) is 0 Å². The third-order valence-electron chi connectivity index (χ3n) is 4.81. The molecule has 2 fully saturated rings. The van der Waals surface area contributed by atoms with E-state index in [1.165, 1.54) is 48.8 Å². The molecular weight excluding hydrogens is 246 g/mol. The van der Waals surface area contributed by atoms with Crippen LogP contribution in [0, 0.1) is 5.92 Å². The van der Waals surface area contributed by atoms with Crippen molar-refractivity contribution in [1.82, 2.24) is 15.2 Å². The fraction of sp³-hybridized carbons (Fsp3) is 0.529. The number of aromatic amines is 1. The lowest BCUT2D eigenvalue weighted by Crippen LogP contribution is -2.45. The van der Waals surface area contributed by atoms with Crippen LogP contribution in [-0.2, 0) is 0 Å². The van der Waals surface area contributed by atoms with Gasteiger partial charge in [-0.2, -0.15) is 0 Å². The van der Waals surface area contributed by atoms with Crippen molar-refractivity contribution in [2.45, 2.75) is 25.3 Å². The summed E-state index contributed by atoms with van der Waals surface area (Å²) in [7, 11) is 0. The maximum absolute atomic E-state index is 3.47. The van der Waals surface area contributed by atoms with Gasteiger partial charge in [0.15, 0.2) is 0 Å². The fourth-order valence-electron chi connectivity index (χ4n) is 3.44. The lowest BCUT2D eigenvalue weighted by atomic mass is 9.97. The van der Waals surface area contributed by atoms with E-state index in [9.17, 15) is 0 Å². The van der Waals surface area contributed by atoms with Crippen LogP contribution in [0.1, 0.15) is 30.9 Å². The highest BCUT2D eigenvalue weighted by atomic mass is 15.2. The lowest BCUT2D eigenvalue weighted by molar-refractivity contribution is 0.160. The molecule has 0 bridgehead atoms. The number of piperazine rings is 1. The first kappa shape index (κ1) is 12.4. The zero-order chi connectivity index (χ0) is 13.4. The molecule has 2 N–H and O–H groups in total. The van der Waals surface area contributed by atoms with E-state index in [1.807, 2.05) is 6.20 Å². The van der Waals surface area contributed by atoms with E-state index in [1.54, 1.807) is 0 Å². The minimum atomic E-state index is 0.615. The summed E-state index contributed by atoms with van der Waals surface area (Å²) in [5.74, 6) is 0.969. The highest BCUT2D eigenvalue weighted by molar-refractivity contribution is 5.80. The highest BCUT2D eigenvalue weighted by Crippen LogP contribution is 2.40. The predicted octanol–water partition coefficient (Wildman–Crippen LogP) is 2.91. The highest BCUT2D eigenvalue weighted by Gasteiger charge is 2.30. The Kier molecular flexibility index (Phi) is 3.25. The summed E-state index contributed by atoms with van der Waals surface area (Å²) < 4.78 is 0. The van der Waals surface area contributed by atoms with Gasteiger partial charge in [0, 0.05) is 43.9 Å². The van der Waals surface area contributed by atoms with E-state index in [0.717, 1.165) is 19.0 Å². The molecule has 1 atom stereocenters. The van der Waals surface area contributed by atoms with Crippen LogP contribution >= 0.6 is 0 Å². The van der Waals surface area contributed by atoms with Crippen molar-refractivity contribution in [3.8, 4) is 0 Å². The van der Waals surface area contributed by atoms with Crippen LogP contribution in [0.4, 0.5) is 0 Å². The molecule has 0 amide bonds. The zero-order valence-electron chi connectivity index (χ0n) is 11.9. The average molecular weight is 269 g/mol. The molecule has 2 aliphatic rings. The Morgan fingerprint density at radius 2 is 2.00 bits per heavy atom. The Balaban J connectivity index is 1.64. The lowest BCUT2D eigenvalue weighted by Gasteiger charge is -2.35. The largest absolute Gasteiger partial charge is 0.361 e. The minimum absolute atomic E-state index is 0.615. The summed E-state index contributed by atoms with van der Waals surface area (Å²) in [5.41, 5.74) is 2.75. The van der Waals surface area contributed by atoms with Crippen molar-refractivity contribution in [2.75, 3.05) is 26.2 Å². The van der Waals surface area contributed by atoms with E-state index >= 15 is 0 Å². The molecule has 1 aliphatic carbocycles. The van der Waals surface area contributed by atoms with E-state index in [0.29, 0.717) is 6.04 Å². The number of hydrogen-bond acceptors (Lipinski definition) is 2. The van der Waals surface area contributed by atoms with Crippen LogP contribution in [0.25, 0.3) is 10.9 Å². The molecule has 1 saturated heterocycles. The average Bonchev–Trinajstić information content (AvgIpc) is 3.20. The molecule has 2 heterocycles. The van der Waals surface area contributed by atoms with E-state index < -0.39 is 0 Å². The standard InChI is InChI=1S/C17H23N3/c1-2-13(1)11-17(20-9-7-18-8-10-20)15-3-4-16-14(12-15)5-6-19-16/h3-6,12-13,17-19H,1-2,7-11H2/t17-/m1/s1. The van der Waals surface area contributed by atoms with Gasteiger partial charge in [-0.1, -0.05) is 18.9 Å². The molecule has 1 aliphatic heterocycles.